The van der Waals surface area contributed by atoms with Gasteiger partial charge in [0, 0.05) is 12.1 Å². The summed E-state index contributed by atoms with van der Waals surface area (Å²) in [4.78, 5) is 8.55. The Labute approximate surface area is 105 Å². The molecule has 2 aromatic rings. The van der Waals surface area contributed by atoms with Crippen molar-refractivity contribution in [1.82, 2.24) is 20.2 Å². The maximum absolute atomic E-state index is 5.91. The Morgan fingerprint density at radius 3 is 2.83 bits per heavy atom. The summed E-state index contributed by atoms with van der Waals surface area (Å²) in [7, 11) is 0. The molecular formula is C12H18N6. The molecule has 0 bridgehead atoms. The van der Waals surface area contributed by atoms with Gasteiger partial charge in [0.2, 0.25) is 0 Å². The second-order valence-corrected chi connectivity index (χ2v) is 5.01. The molecule has 2 aromatic heterocycles. The molecule has 18 heavy (non-hydrogen) atoms. The highest BCUT2D eigenvalue weighted by Crippen LogP contribution is 2.24. The highest BCUT2D eigenvalue weighted by molar-refractivity contribution is 5.86. The first kappa shape index (κ1) is 11.4. The summed E-state index contributed by atoms with van der Waals surface area (Å²) < 4.78 is 0. The molecule has 0 amide bonds. The minimum Gasteiger partial charge on any atom is -0.365 e. The molecule has 6 nitrogen and oxygen atoms in total. The number of hydrogen-bond acceptors (Lipinski definition) is 5. The van der Waals surface area contributed by atoms with Crippen molar-refractivity contribution in [2.75, 3.05) is 5.32 Å². The molecule has 4 N–H and O–H groups in total. The summed E-state index contributed by atoms with van der Waals surface area (Å²) in [5.74, 6) is 0.848. The predicted molar refractivity (Wildman–Crippen MR) is 70.3 cm³/mol. The van der Waals surface area contributed by atoms with Crippen LogP contribution in [0.1, 0.15) is 31.4 Å². The van der Waals surface area contributed by atoms with Gasteiger partial charge in [0.1, 0.15) is 17.4 Å². The van der Waals surface area contributed by atoms with E-state index in [9.17, 15) is 0 Å². The highest BCUT2D eigenvalue weighted by Gasteiger charge is 2.20. The number of aromatic nitrogens is 4. The third-order valence-electron chi connectivity index (χ3n) is 3.64. The van der Waals surface area contributed by atoms with Gasteiger partial charge in [-0.1, -0.05) is 0 Å². The normalized spacial score (nSPS) is 24.3. The molecule has 1 aliphatic rings. The molecular weight excluding hydrogens is 228 g/mol. The molecule has 1 aliphatic carbocycles. The molecule has 0 spiro atoms. The molecule has 3 rings (SSSR count). The van der Waals surface area contributed by atoms with Gasteiger partial charge in [-0.25, -0.2) is 9.97 Å². The fraction of sp³-hybridized carbons (Fsp3) is 0.583. The van der Waals surface area contributed by atoms with Crippen LogP contribution in [0.3, 0.4) is 0 Å². The number of H-pyrrole nitrogens is 1. The Balaban J connectivity index is 1.82. The minimum absolute atomic E-state index is 0.364. The molecule has 0 aliphatic heterocycles. The monoisotopic (exact) mass is 246 g/mol. The number of aromatic amines is 1. The van der Waals surface area contributed by atoms with E-state index in [2.05, 4.69) is 25.5 Å². The van der Waals surface area contributed by atoms with Crippen molar-refractivity contribution in [2.45, 2.75) is 44.7 Å². The number of hydrogen-bond donors (Lipinski definition) is 3. The third-order valence-corrected chi connectivity index (χ3v) is 3.64. The topological polar surface area (TPSA) is 92.5 Å². The summed E-state index contributed by atoms with van der Waals surface area (Å²) in [6.45, 7) is 1.94. The fourth-order valence-electron chi connectivity index (χ4n) is 2.52. The van der Waals surface area contributed by atoms with E-state index < -0.39 is 0 Å². The average molecular weight is 246 g/mol. The largest absolute Gasteiger partial charge is 0.365 e. The second kappa shape index (κ2) is 4.53. The zero-order chi connectivity index (χ0) is 12.5. The first-order valence-electron chi connectivity index (χ1n) is 6.42. The van der Waals surface area contributed by atoms with Crippen molar-refractivity contribution in [3.63, 3.8) is 0 Å². The highest BCUT2D eigenvalue weighted by atomic mass is 15.2. The quantitative estimate of drug-likeness (QED) is 0.743. The van der Waals surface area contributed by atoms with Gasteiger partial charge in [0.05, 0.1) is 5.69 Å². The van der Waals surface area contributed by atoms with Gasteiger partial charge in [-0.2, -0.15) is 5.10 Å². The van der Waals surface area contributed by atoms with Crippen LogP contribution in [-0.4, -0.2) is 32.2 Å². The van der Waals surface area contributed by atoms with Crippen LogP contribution in [0.4, 0.5) is 5.82 Å². The van der Waals surface area contributed by atoms with Crippen LogP contribution in [0.2, 0.25) is 0 Å². The summed E-state index contributed by atoms with van der Waals surface area (Å²) in [6, 6.07) is 0.814. The molecule has 0 unspecified atom stereocenters. The van der Waals surface area contributed by atoms with Crippen LogP contribution >= 0.6 is 0 Å². The number of aryl methyl sites for hydroxylation is 1. The lowest BCUT2D eigenvalue weighted by Crippen LogP contribution is -2.33. The van der Waals surface area contributed by atoms with Crippen LogP contribution in [0.25, 0.3) is 11.0 Å². The van der Waals surface area contributed by atoms with Crippen molar-refractivity contribution in [3.8, 4) is 0 Å². The van der Waals surface area contributed by atoms with E-state index in [1.54, 1.807) is 6.33 Å². The van der Waals surface area contributed by atoms with E-state index in [0.29, 0.717) is 12.1 Å². The maximum Gasteiger partial charge on any atom is 0.155 e. The maximum atomic E-state index is 5.91. The Morgan fingerprint density at radius 2 is 2.06 bits per heavy atom. The zero-order valence-corrected chi connectivity index (χ0v) is 10.5. The van der Waals surface area contributed by atoms with Crippen molar-refractivity contribution >= 4 is 16.9 Å². The Kier molecular flexibility index (Phi) is 2.87. The number of anilines is 1. The van der Waals surface area contributed by atoms with Gasteiger partial charge in [0.15, 0.2) is 5.82 Å². The molecule has 1 saturated carbocycles. The van der Waals surface area contributed by atoms with E-state index in [4.69, 9.17) is 5.73 Å². The number of fused-ring (bicyclic) bond motifs is 1. The van der Waals surface area contributed by atoms with Gasteiger partial charge in [-0.3, -0.25) is 5.10 Å². The third kappa shape index (κ3) is 2.03. The first-order chi connectivity index (χ1) is 8.74. The van der Waals surface area contributed by atoms with Crippen molar-refractivity contribution < 1.29 is 0 Å². The zero-order valence-electron chi connectivity index (χ0n) is 10.5. The van der Waals surface area contributed by atoms with Gasteiger partial charge >= 0.3 is 0 Å². The predicted octanol–water partition coefficient (Wildman–Crippen LogP) is 1.34. The molecule has 2 heterocycles. The minimum atomic E-state index is 0.364. The van der Waals surface area contributed by atoms with Gasteiger partial charge in [-0.05, 0) is 32.6 Å². The van der Waals surface area contributed by atoms with Crippen LogP contribution < -0.4 is 11.1 Å². The van der Waals surface area contributed by atoms with Gasteiger partial charge < -0.3 is 11.1 Å². The van der Waals surface area contributed by atoms with Crippen molar-refractivity contribution in [3.05, 3.63) is 12.0 Å². The average Bonchev–Trinajstić information content (AvgIpc) is 2.76. The molecule has 1 fully saturated rings. The van der Waals surface area contributed by atoms with Crippen LogP contribution in [0, 0.1) is 6.92 Å². The summed E-state index contributed by atoms with van der Waals surface area (Å²) in [5, 5.41) is 10.6. The lowest BCUT2D eigenvalue weighted by molar-refractivity contribution is 0.410. The van der Waals surface area contributed by atoms with Crippen LogP contribution in [-0.2, 0) is 0 Å². The number of nitrogens with zero attached hydrogens (tertiary/aromatic N) is 3. The smallest absolute Gasteiger partial charge is 0.155 e. The van der Waals surface area contributed by atoms with E-state index in [-0.39, 0.29) is 0 Å². The fourth-order valence-corrected chi connectivity index (χ4v) is 2.52. The van der Waals surface area contributed by atoms with E-state index in [1.165, 1.54) is 0 Å². The molecule has 0 aromatic carbocycles. The number of nitrogens with two attached hydrogens (primary N) is 1. The standard InChI is InChI=1S/C12H18N6/c1-7-10-11(18-17-7)12(15-6-14-10)16-9-4-2-8(13)3-5-9/h6,8-9H,2-5,13H2,1H3,(H,17,18)(H,14,15,16)/t8-,9-. The second-order valence-electron chi connectivity index (χ2n) is 5.01. The molecule has 0 atom stereocenters. The molecule has 96 valence electrons. The summed E-state index contributed by atoms with van der Waals surface area (Å²) >= 11 is 0. The van der Waals surface area contributed by atoms with E-state index in [1.807, 2.05) is 6.92 Å². The summed E-state index contributed by atoms with van der Waals surface area (Å²) in [6.07, 6.45) is 5.93. The van der Waals surface area contributed by atoms with E-state index in [0.717, 1.165) is 48.2 Å². The summed E-state index contributed by atoms with van der Waals surface area (Å²) in [5.41, 5.74) is 8.60. The Bertz CT molecular complexity index is 540. The Hall–Kier alpha value is -1.69. The molecule has 0 saturated heterocycles. The first-order valence-corrected chi connectivity index (χ1v) is 6.42. The van der Waals surface area contributed by atoms with E-state index >= 15 is 0 Å². The Morgan fingerprint density at radius 1 is 1.28 bits per heavy atom. The lowest BCUT2D eigenvalue weighted by atomic mass is 9.92. The lowest BCUT2D eigenvalue weighted by Gasteiger charge is -2.27. The number of rotatable bonds is 2. The van der Waals surface area contributed by atoms with Crippen molar-refractivity contribution in [1.29, 1.82) is 0 Å². The van der Waals surface area contributed by atoms with Gasteiger partial charge in [-0.15, -0.1) is 0 Å². The molecule has 0 radical (unpaired) electrons. The SMILES string of the molecule is Cc1n[nH]c2c(N[C@H]3CC[C@H](N)CC3)ncnc12. The van der Waals surface area contributed by atoms with Crippen LogP contribution in [0.15, 0.2) is 6.33 Å². The number of nitrogens with one attached hydrogen (secondary N) is 2. The molecule has 6 heteroatoms. The van der Waals surface area contributed by atoms with Gasteiger partial charge in [0.25, 0.3) is 0 Å². The van der Waals surface area contributed by atoms with Crippen LogP contribution in [0.5, 0.6) is 0 Å². The van der Waals surface area contributed by atoms with Crippen molar-refractivity contribution in [2.24, 2.45) is 5.73 Å².